The molecule has 0 aromatic heterocycles. The number of benzene rings is 3. The van der Waals surface area contributed by atoms with Crippen molar-refractivity contribution in [2.75, 3.05) is 10.8 Å². The molecule has 4 rings (SSSR count). The summed E-state index contributed by atoms with van der Waals surface area (Å²) >= 11 is 25.6. The van der Waals surface area contributed by atoms with Gasteiger partial charge in [-0.25, -0.2) is 8.42 Å². The molecule has 2 amide bonds. The molecule has 12 heteroatoms. The van der Waals surface area contributed by atoms with Crippen LogP contribution in [-0.2, 0) is 26.2 Å². The Morgan fingerprint density at radius 1 is 0.929 bits per heavy atom. The highest BCUT2D eigenvalue weighted by Gasteiger charge is 2.34. The minimum Gasteiger partial charge on any atom is -0.352 e. The van der Waals surface area contributed by atoms with Gasteiger partial charge in [0, 0.05) is 33.2 Å². The Balaban J connectivity index is 1.75. The number of hydrogen-bond donors (Lipinski definition) is 1. The molecule has 0 aliphatic heterocycles. The molecular weight excluding hydrogens is 640 g/mol. The van der Waals surface area contributed by atoms with Gasteiger partial charge >= 0.3 is 0 Å². The molecular formula is C30H31Cl4N3O4S. The molecule has 1 fully saturated rings. The van der Waals surface area contributed by atoms with Crippen LogP contribution in [-0.4, -0.2) is 43.8 Å². The van der Waals surface area contributed by atoms with Crippen LogP contribution in [0.5, 0.6) is 0 Å². The highest BCUT2D eigenvalue weighted by atomic mass is 35.5. The second kappa shape index (κ2) is 13.9. The summed E-state index contributed by atoms with van der Waals surface area (Å²) in [5, 5.41) is 3.96. The van der Waals surface area contributed by atoms with Gasteiger partial charge in [-0.3, -0.25) is 13.9 Å². The van der Waals surface area contributed by atoms with E-state index in [0.29, 0.717) is 15.6 Å². The molecule has 0 radical (unpaired) electrons. The zero-order chi connectivity index (χ0) is 30.6. The second-order valence-electron chi connectivity index (χ2n) is 10.3. The number of sulfonamides is 1. The Labute approximate surface area is 266 Å². The third kappa shape index (κ3) is 7.53. The third-order valence-corrected chi connectivity index (χ3v) is 10.4. The Kier molecular flexibility index (Phi) is 10.7. The summed E-state index contributed by atoms with van der Waals surface area (Å²) in [7, 11) is -4.30. The summed E-state index contributed by atoms with van der Waals surface area (Å²) in [5.41, 5.74) is 1.32. The highest BCUT2D eigenvalue weighted by Crippen LogP contribution is 2.34. The number of hydrogen-bond acceptors (Lipinski definition) is 4. The molecule has 1 atom stereocenters. The number of halogens is 4. The standard InChI is InChI=1S/C30H31Cl4N3O4S/c1-19-10-13-23(14-11-19)42(40,41)37(28-16-21(31)12-15-27(28)34)18-29(38)36(17-24-25(32)8-5-9-26(24)33)20(2)30(39)35-22-6-3-4-7-22/h5,8-16,20,22H,3-4,6-7,17-18H2,1-2H3,(H,35,39). The summed E-state index contributed by atoms with van der Waals surface area (Å²) in [6.45, 7) is 2.64. The van der Waals surface area contributed by atoms with E-state index < -0.39 is 28.5 Å². The van der Waals surface area contributed by atoms with E-state index in [1.165, 1.54) is 35.2 Å². The maximum Gasteiger partial charge on any atom is 0.264 e. The van der Waals surface area contributed by atoms with Gasteiger partial charge in [-0.15, -0.1) is 0 Å². The number of amides is 2. The summed E-state index contributed by atoms with van der Waals surface area (Å²) < 4.78 is 28.9. The van der Waals surface area contributed by atoms with Gasteiger partial charge in [0.05, 0.1) is 15.6 Å². The number of nitrogens with one attached hydrogen (secondary N) is 1. The summed E-state index contributed by atoms with van der Waals surface area (Å²) in [4.78, 5) is 28.8. The number of rotatable bonds is 10. The molecule has 1 saturated carbocycles. The fraction of sp³-hybridized carbons (Fsp3) is 0.333. The normalized spacial score (nSPS) is 14.4. The average molecular weight is 671 g/mol. The van der Waals surface area contributed by atoms with Crippen molar-refractivity contribution in [2.24, 2.45) is 0 Å². The molecule has 1 unspecified atom stereocenters. The van der Waals surface area contributed by atoms with Crippen molar-refractivity contribution in [3.8, 4) is 0 Å². The van der Waals surface area contributed by atoms with Crippen molar-refractivity contribution in [1.29, 1.82) is 0 Å². The Bertz CT molecular complexity index is 1540. The van der Waals surface area contributed by atoms with Crippen molar-refractivity contribution in [3.63, 3.8) is 0 Å². The van der Waals surface area contributed by atoms with Crippen LogP contribution in [0.4, 0.5) is 5.69 Å². The van der Waals surface area contributed by atoms with Gasteiger partial charge in [0.1, 0.15) is 12.6 Å². The van der Waals surface area contributed by atoms with Crippen LogP contribution in [0, 0.1) is 6.92 Å². The fourth-order valence-corrected chi connectivity index (χ4v) is 7.23. The molecule has 1 aliphatic carbocycles. The van der Waals surface area contributed by atoms with E-state index >= 15 is 0 Å². The molecule has 1 aliphatic rings. The van der Waals surface area contributed by atoms with Crippen molar-refractivity contribution in [1.82, 2.24) is 10.2 Å². The van der Waals surface area contributed by atoms with Gasteiger partial charge in [0.2, 0.25) is 11.8 Å². The van der Waals surface area contributed by atoms with Crippen molar-refractivity contribution < 1.29 is 18.0 Å². The molecule has 7 nitrogen and oxygen atoms in total. The molecule has 0 bridgehead atoms. The monoisotopic (exact) mass is 669 g/mol. The SMILES string of the molecule is Cc1ccc(S(=O)(=O)N(CC(=O)N(Cc2c(Cl)cccc2Cl)C(C)C(=O)NC2CCCC2)c2cc(Cl)ccc2Cl)cc1. The predicted octanol–water partition coefficient (Wildman–Crippen LogP) is 7.28. The quantitative estimate of drug-likeness (QED) is 0.246. The van der Waals surface area contributed by atoms with E-state index in [2.05, 4.69) is 5.32 Å². The topological polar surface area (TPSA) is 86.8 Å². The zero-order valence-corrected chi connectivity index (χ0v) is 27.0. The first-order chi connectivity index (χ1) is 19.9. The Hall–Kier alpha value is -2.49. The van der Waals surface area contributed by atoms with Crippen LogP contribution in [0.25, 0.3) is 0 Å². The second-order valence-corrected chi connectivity index (χ2v) is 13.8. The van der Waals surface area contributed by atoms with Gasteiger partial charge in [-0.1, -0.05) is 83.0 Å². The van der Waals surface area contributed by atoms with E-state index in [-0.39, 0.29) is 39.1 Å². The van der Waals surface area contributed by atoms with E-state index in [0.717, 1.165) is 35.6 Å². The minimum absolute atomic E-state index is 0.0180. The van der Waals surface area contributed by atoms with E-state index in [1.807, 2.05) is 6.92 Å². The van der Waals surface area contributed by atoms with Gasteiger partial charge in [-0.05, 0) is 69.2 Å². The largest absolute Gasteiger partial charge is 0.352 e. The Morgan fingerprint density at radius 2 is 1.55 bits per heavy atom. The number of nitrogens with zero attached hydrogens (tertiary/aromatic N) is 2. The summed E-state index contributed by atoms with van der Waals surface area (Å²) in [6, 6.07) is 14.6. The van der Waals surface area contributed by atoms with Crippen molar-refractivity contribution in [3.05, 3.63) is 91.9 Å². The molecule has 0 saturated heterocycles. The molecule has 3 aromatic rings. The van der Waals surface area contributed by atoms with Crippen molar-refractivity contribution in [2.45, 2.75) is 63.1 Å². The maximum atomic E-state index is 14.1. The van der Waals surface area contributed by atoms with Gasteiger partial charge in [-0.2, -0.15) is 0 Å². The van der Waals surface area contributed by atoms with Crippen LogP contribution in [0.15, 0.2) is 65.6 Å². The van der Waals surface area contributed by atoms with E-state index in [9.17, 15) is 18.0 Å². The van der Waals surface area contributed by atoms with Crippen LogP contribution < -0.4 is 9.62 Å². The number of aryl methyl sites for hydroxylation is 1. The first-order valence-corrected chi connectivity index (χ1v) is 16.4. The molecule has 42 heavy (non-hydrogen) atoms. The predicted molar refractivity (Wildman–Crippen MR) is 169 cm³/mol. The van der Waals surface area contributed by atoms with Crippen LogP contribution >= 0.6 is 46.4 Å². The molecule has 0 heterocycles. The molecule has 0 spiro atoms. The van der Waals surface area contributed by atoms with Gasteiger partial charge < -0.3 is 10.2 Å². The molecule has 3 aromatic carbocycles. The van der Waals surface area contributed by atoms with Crippen LogP contribution in [0.3, 0.4) is 0 Å². The van der Waals surface area contributed by atoms with Gasteiger partial charge in [0.15, 0.2) is 0 Å². The summed E-state index contributed by atoms with van der Waals surface area (Å²) in [6.07, 6.45) is 3.75. The number of anilines is 1. The highest BCUT2D eigenvalue weighted by molar-refractivity contribution is 7.92. The molecule has 224 valence electrons. The summed E-state index contributed by atoms with van der Waals surface area (Å²) in [5.74, 6) is -1.01. The minimum atomic E-state index is -4.30. The lowest BCUT2D eigenvalue weighted by molar-refractivity contribution is -0.139. The zero-order valence-electron chi connectivity index (χ0n) is 23.1. The van der Waals surface area contributed by atoms with E-state index in [4.69, 9.17) is 46.4 Å². The number of carbonyl (C=O) groups is 2. The third-order valence-electron chi connectivity index (χ3n) is 7.32. The number of carbonyl (C=O) groups excluding carboxylic acids is 2. The smallest absolute Gasteiger partial charge is 0.264 e. The maximum absolute atomic E-state index is 14.1. The lowest BCUT2D eigenvalue weighted by Gasteiger charge is -2.33. The lowest BCUT2D eigenvalue weighted by Crippen LogP contribution is -2.52. The lowest BCUT2D eigenvalue weighted by atomic mass is 10.1. The average Bonchev–Trinajstić information content (AvgIpc) is 3.46. The van der Waals surface area contributed by atoms with Crippen LogP contribution in [0.1, 0.15) is 43.7 Å². The first-order valence-electron chi connectivity index (χ1n) is 13.5. The van der Waals surface area contributed by atoms with Crippen LogP contribution in [0.2, 0.25) is 20.1 Å². The van der Waals surface area contributed by atoms with Crippen molar-refractivity contribution >= 4 is 73.9 Å². The van der Waals surface area contributed by atoms with Gasteiger partial charge in [0.25, 0.3) is 10.0 Å². The Morgan fingerprint density at radius 3 is 2.17 bits per heavy atom. The molecule has 1 N–H and O–H groups in total. The fourth-order valence-electron chi connectivity index (χ4n) is 4.86. The first kappa shape index (κ1) is 32.4. The van der Waals surface area contributed by atoms with E-state index in [1.54, 1.807) is 37.3 Å².